The number of benzene rings is 1. The van der Waals surface area contributed by atoms with Gasteiger partial charge in [-0.2, -0.15) is 0 Å². The Morgan fingerprint density at radius 1 is 1.04 bits per heavy atom. The molecule has 0 bridgehead atoms. The minimum atomic E-state index is -0.352. The molecule has 3 rings (SSSR count). The Morgan fingerprint density at radius 2 is 1.78 bits per heavy atom. The number of carbonyl (C=O) groups is 2. The van der Waals surface area contributed by atoms with E-state index in [2.05, 4.69) is 10.6 Å². The molecule has 0 aliphatic carbocycles. The van der Waals surface area contributed by atoms with Gasteiger partial charge in [-0.3, -0.25) is 9.59 Å². The minimum absolute atomic E-state index is 0.141. The van der Waals surface area contributed by atoms with Gasteiger partial charge in [0.1, 0.15) is 0 Å². The smallest absolute Gasteiger partial charge is 0.291 e. The van der Waals surface area contributed by atoms with E-state index in [1.165, 1.54) is 17.6 Å². The van der Waals surface area contributed by atoms with E-state index >= 15 is 0 Å². The summed E-state index contributed by atoms with van der Waals surface area (Å²) in [6.45, 7) is 4.09. The molecule has 140 valence electrons. The van der Waals surface area contributed by atoms with E-state index < -0.39 is 0 Å². The number of furan rings is 1. The zero-order chi connectivity index (χ0) is 19.4. The third kappa shape index (κ3) is 4.78. The molecule has 2 amide bonds. The second-order valence-electron chi connectivity index (χ2n) is 6.34. The first-order valence-corrected chi connectivity index (χ1v) is 9.64. The van der Waals surface area contributed by atoms with Gasteiger partial charge in [-0.15, -0.1) is 11.3 Å². The Bertz CT molecular complexity index is 917. The zero-order valence-corrected chi connectivity index (χ0v) is 16.4. The highest BCUT2D eigenvalue weighted by molar-refractivity contribution is 7.18. The SMILES string of the molecule is CC(C)C(NC(=O)c1ccc(NC(=O)c2ccco2)s1)c1ccc(Cl)cc1. The molecule has 0 spiro atoms. The van der Waals surface area contributed by atoms with Gasteiger partial charge in [0.2, 0.25) is 0 Å². The van der Waals surface area contributed by atoms with Crippen LogP contribution in [0.1, 0.15) is 45.7 Å². The van der Waals surface area contributed by atoms with Gasteiger partial charge in [0.05, 0.1) is 22.2 Å². The zero-order valence-electron chi connectivity index (χ0n) is 14.9. The molecule has 1 aromatic carbocycles. The van der Waals surface area contributed by atoms with Crippen molar-refractivity contribution in [2.24, 2.45) is 5.92 Å². The lowest BCUT2D eigenvalue weighted by Gasteiger charge is -2.22. The molecular weight excluding hydrogens is 384 g/mol. The largest absolute Gasteiger partial charge is 0.459 e. The van der Waals surface area contributed by atoms with Crippen molar-refractivity contribution in [1.82, 2.24) is 5.32 Å². The lowest BCUT2D eigenvalue weighted by Crippen LogP contribution is -2.31. The van der Waals surface area contributed by atoms with E-state index in [4.69, 9.17) is 16.0 Å². The van der Waals surface area contributed by atoms with E-state index in [-0.39, 0.29) is 29.5 Å². The summed E-state index contributed by atoms with van der Waals surface area (Å²) in [6.07, 6.45) is 1.44. The van der Waals surface area contributed by atoms with Crippen LogP contribution in [-0.4, -0.2) is 11.8 Å². The number of hydrogen-bond acceptors (Lipinski definition) is 4. The van der Waals surface area contributed by atoms with Gasteiger partial charge in [-0.1, -0.05) is 37.6 Å². The van der Waals surface area contributed by atoms with Crippen molar-refractivity contribution in [2.45, 2.75) is 19.9 Å². The summed E-state index contributed by atoms with van der Waals surface area (Å²) < 4.78 is 5.06. The van der Waals surface area contributed by atoms with Gasteiger partial charge >= 0.3 is 0 Å². The topological polar surface area (TPSA) is 71.3 Å². The van der Waals surface area contributed by atoms with Crippen molar-refractivity contribution < 1.29 is 14.0 Å². The van der Waals surface area contributed by atoms with Crippen LogP contribution < -0.4 is 10.6 Å². The summed E-state index contributed by atoms with van der Waals surface area (Å²) >= 11 is 7.16. The third-order valence-corrected chi connectivity index (χ3v) is 5.25. The number of nitrogens with one attached hydrogen (secondary N) is 2. The minimum Gasteiger partial charge on any atom is -0.459 e. The Balaban J connectivity index is 1.69. The predicted molar refractivity (Wildman–Crippen MR) is 107 cm³/mol. The number of amides is 2. The van der Waals surface area contributed by atoms with Crippen LogP contribution in [0, 0.1) is 5.92 Å². The molecule has 1 unspecified atom stereocenters. The maximum Gasteiger partial charge on any atom is 0.291 e. The summed E-state index contributed by atoms with van der Waals surface area (Å²) in [5.74, 6) is -0.118. The monoisotopic (exact) mass is 402 g/mol. The van der Waals surface area contributed by atoms with Crippen LogP contribution in [0.4, 0.5) is 5.00 Å². The van der Waals surface area contributed by atoms with Gasteiger partial charge in [-0.25, -0.2) is 0 Å². The Morgan fingerprint density at radius 3 is 2.41 bits per heavy atom. The second-order valence-corrected chi connectivity index (χ2v) is 7.86. The third-order valence-electron chi connectivity index (χ3n) is 3.99. The highest BCUT2D eigenvalue weighted by Gasteiger charge is 2.20. The molecule has 3 aromatic rings. The van der Waals surface area contributed by atoms with E-state index in [9.17, 15) is 9.59 Å². The van der Waals surface area contributed by atoms with Gasteiger partial charge < -0.3 is 15.1 Å². The number of rotatable bonds is 6. The van der Waals surface area contributed by atoms with Crippen molar-refractivity contribution in [3.8, 4) is 0 Å². The first-order chi connectivity index (χ1) is 12.9. The second kappa shape index (κ2) is 8.41. The normalized spacial score (nSPS) is 12.0. The molecule has 0 fully saturated rings. The molecule has 2 heterocycles. The van der Waals surface area contributed by atoms with Crippen molar-refractivity contribution in [3.63, 3.8) is 0 Å². The molecule has 27 heavy (non-hydrogen) atoms. The quantitative estimate of drug-likeness (QED) is 0.581. The summed E-state index contributed by atoms with van der Waals surface area (Å²) in [5.41, 5.74) is 0.991. The molecule has 0 saturated heterocycles. The van der Waals surface area contributed by atoms with Crippen LogP contribution in [-0.2, 0) is 0 Å². The molecule has 2 aromatic heterocycles. The first kappa shape index (κ1) is 19.2. The first-order valence-electron chi connectivity index (χ1n) is 8.45. The van der Waals surface area contributed by atoms with Crippen molar-refractivity contribution >= 4 is 39.8 Å². The van der Waals surface area contributed by atoms with E-state index in [1.54, 1.807) is 24.3 Å². The maximum atomic E-state index is 12.7. The maximum absolute atomic E-state index is 12.7. The van der Waals surface area contributed by atoms with Gasteiger partial charge in [0.15, 0.2) is 5.76 Å². The van der Waals surface area contributed by atoms with Crippen LogP contribution in [0.2, 0.25) is 5.02 Å². The average Bonchev–Trinajstić information content (AvgIpc) is 3.32. The standard InChI is InChI=1S/C20H19ClN2O3S/c1-12(2)18(13-5-7-14(21)8-6-13)23-20(25)16-9-10-17(27-16)22-19(24)15-4-3-11-26-15/h3-12,18H,1-2H3,(H,22,24)(H,23,25). The molecule has 5 nitrogen and oxygen atoms in total. The van der Waals surface area contributed by atoms with Crippen LogP contribution in [0.5, 0.6) is 0 Å². The number of hydrogen-bond donors (Lipinski definition) is 2. The lowest BCUT2D eigenvalue weighted by molar-refractivity contribution is 0.0929. The fraction of sp³-hybridized carbons (Fsp3) is 0.200. The number of halogens is 1. The highest BCUT2D eigenvalue weighted by Crippen LogP contribution is 2.26. The van der Waals surface area contributed by atoms with Crippen molar-refractivity contribution in [1.29, 1.82) is 0 Å². The van der Waals surface area contributed by atoms with Crippen LogP contribution in [0.15, 0.2) is 59.2 Å². The summed E-state index contributed by atoms with van der Waals surface area (Å²) in [6, 6.07) is 13.9. The molecule has 1 atom stereocenters. The number of thiophene rings is 1. The molecular formula is C20H19ClN2O3S. The van der Waals surface area contributed by atoms with Crippen LogP contribution >= 0.6 is 22.9 Å². The van der Waals surface area contributed by atoms with Crippen LogP contribution in [0.3, 0.4) is 0 Å². The lowest BCUT2D eigenvalue weighted by atomic mass is 9.96. The number of carbonyl (C=O) groups excluding carboxylic acids is 2. The van der Waals surface area contributed by atoms with Gasteiger partial charge in [0, 0.05) is 5.02 Å². The van der Waals surface area contributed by atoms with E-state index in [0.717, 1.165) is 5.56 Å². The molecule has 0 aliphatic rings. The van der Waals surface area contributed by atoms with Crippen molar-refractivity contribution in [3.05, 3.63) is 76.0 Å². The summed E-state index contributed by atoms with van der Waals surface area (Å²) in [7, 11) is 0. The van der Waals surface area contributed by atoms with Crippen molar-refractivity contribution in [2.75, 3.05) is 5.32 Å². The Labute approximate surface area is 166 Å². The van der Waals surface area contributed by atoms with Crippen LogP contribution in [0.25, 0.3) is 0 Å². The summed E-state index contributed by atoms with van der Waals surface area (Å²) in [5, 5.41) is 7.02. The fourth-order valence-electron chi connectivity index (χ4n) is 2.63. The molecule has 7 heteroatoms. The fourth-order valence-corrected chi connectivity index (χ4v) is 3.56. The molecule has 0 radical (unpaired) electrons. The Hall–Kier alpha value is -2.57. The number of anilines is 1. The molecule has 0 saturated carbocycles. The van der Waals surface area contributed by atoms with E-state index in [0.29, 0.717) is 14.9 Å². The summed E-state index contributed by atoms with van der Waals surface area (Å²) in [4.78, 5) is 25.2. The van der Waals surface area contributed by atoms with Gasteiger partial charge in [-0.05, 0) is 47.9 Å². The predicted octanol–water partition coefficient (Wildman–Crippen LogP) is 5.37. The highest BCUT2D eigenvalue weighted by atomic mass is 35.5. The Kier molecular flexibility index (Phi) is 5.98. The molecule has 2 N–H and O–H groups in total. The average molecular weight is 403 g/mol. The van der Waals surface area contributed by atoms with E-state index in [1.807, 2.05) is 38.1 Å². The van der Waals surface area contributed by atoms with Gasteiger partial charge in [0.25, 0.3) is 11.8 Å². The molecule has 0 aliphatic heterocycles.